The van der Waals surface area contributed by atoms with Crippen LogP contribution in [0.2, 0.25) is 5.02 Å². The molecule has 3 rings (SSSR count). The van der Waals surface area contributed by atoms with Crippen LogP contribution in [0.25, 0.3) is 0 Å². The predicted molar refractivity (Wildman–Crippen MR) is 80.1 cm³/mol. The molecule has 1 amide bonds. The third-order valence-electron chi connectivity index (χ3n) is 4.45. The molecule has 1 aromatic carbocycles. The van der Waals surface area contributed by atoms with Crippen LogP contribution in [0.4, 0.5) is 5.69 Å². The van der Waals surface area contributed by atoms with E-state index in [-0.39, 0.29) is 24.2 Å². The van der Waals surface area contributed by atoms with Crippen molar-refractivity contribution in [3.8, 4) is 0 Å². The maximum absolute atomic E-state index is 12.5. The Hall–Kier alpha value is -1.55. The van der Waals surface area contributed by atoms with Gasteiger partial charge in [0.1, 0.15) is 5.60 Å². The summed E-state index contributed by atoms with van der Waals surface area (Å²) in [5, 5.41) is 3.49. The minimum absolute atomic E-state index is 0.134. The van der Waals surface area contributed by atoms with E-state index < -0.39 is 5.60 Å². The van der Waals surface area contributed by atoms with Crippen molar-refractivity contribution in [1.29, 1.82) is 0 Å². The van der Waals surface area contributed by atoms with Gasteiger partial charge in [-0.2, -0.15) is 0 Å². The molecule has 0 bridgehead atoms. The fourth-order valence-corrected chi connectivity index (χ4v) is 3.51. The second kappa shape index (κ2) is 5.68. The van der Waals surface area contributed by atoms with Crippen molar-refractivity contribution >= 4 is 29.2 Å². The molecular weight excluding hydrogens is 290 g/mol. The highest BCUT2D eigenvalue weighted by Crippen LogP contribution is 2.44. The number of amides is 1. The molecule has 1 N–H and O–H groups in total. The lowest BCUT2D eigenvalue weighted by molar-refractivity contribution is -0.153. The number of hydrogen-bond donors (Lipinski definition) is 1. The normalized spacial score (nSPS) is 23.9. The molecule has 0 unspecified atom stereocenters. The lowest BCUT2D eigenvalue weighted by Gasteiger charge is -2.36. The lowest BCUT2D eigenvalue weighted by atomic mass is 9.75. The number of carbonyl (C=O) groups excluding carboxylic acids is 2. The van der Waals surface area contributed by atoms with E-state index in [1.165, 1.54) is 0 Å². The Labute approximate surface area is 128 Å². The number of rotatable bonds is 2. The van der Waals surface area contributed by atoms with E-state index in [1.807, 2.05) is 0 Å². The van der Waals surface area contributed by atoms with E-state index in [1.54, 1.807) is 24.3 Å². The van der Waals surface area contributed by atoms with Crippen LogP contribution in [-0.2, 0) is 14.3 Å². The molecule has 0 aromatic heterocycles. The van der Waals surface area contributed by atoms with Gasteiger partial charge in [0.05, 0.1) is 12.3 Å². The van der Waals surface area contributed by atoms with E-state index in [0.29, 0.717) is 10.7 Å². The molecule has 4 nitrogen and oxygen atoms in total. The fraction of sp³-hybridized carbons (Fsp3) is 0.500. The molecule has 1 aliphatic heterocycles. The highest BCUT2D eigenvalue weighted by Gasteiger charge is 2.52. The SMILES string of the molecule is O=C1C[C@H](C(=O)Nc2ccc(Cl)cc2)C2(CCCCC2)O1. The molecule has 5 heteroatoms. The van der Waals surface area contributed by atoms with Crippen molar-refractivity contribution in [3.05, 3.63) is 29.3 Å². The first-order chi connectivity index (χ1) is 10.1. The van der Waals surface area contributed by atoms with Crippen LogP contribution >= 0.6 is 11.6 Å². The van der Waals surface area contributed by atoms with Gasteiger partial charge >= 0.3 is 5.97 Å². The van der Waals surface area contributed by atoms with Crippen LogP contribution in [0.15, 0.2) is 24.3 Å². The molecule has 1 heterocycles. The number of halogens is 1. The number of nitrogens with one attached hydrogen (secondary N) is 1. The van der Waals surface area contributed by atoms with E-state index in [2.05, 4.69) is 5.32 Å². The molecule has 2 aliphatic rings. The monoisotopic (exact) mass is 307 g/mol. The summed E-state index contributed by atoms with van der Waals surface area (Å²) in [6, 6.07) is 6.96. The van der Waals surface area contributed by atoms with Crippen molar-refractivity contribution in [3.63, 3.8) is 0 Å². The third-order valence-corrected chi connectivity index (χ3v) is 4.70. The van der Waals surface area contributed by atoms with Crippen LogP contribution in [0.1, 0.15) is 38.5 Å². The molecule has 112 valence electrons. The zero-order chi connectivity index (χ0) is 14.9. The van der Waals surface area contributed by atoms with Gasteiger partial charge in [-0.05, 0) is 49.9 Å². The van der Waals surface area contributed by atoms with E-state index in [4.69, 9.17) is 16.3 Å². The first-order valence-corrected chi connectivity index (χ1v) is 7.75. The maximum atomic E-state index is 12.5. The largest absolute Gasteiger partial charge is 0.458 e. The summed E-state index contributed by atoms with van der Waals surface area (Å²) in [6.07, 6.45) is 4.93. The molecule has 1 aromatic rings. The van der Waals surface area contributed by atoms with Gasteiger partial charge in [0.2, 0.25) is 5.91 Å². The smallest absolute Gasteiger partial charge is 0.307 e. The summed E-state index contributed by atoms with van der Waals surface area (Å²) in [5.41, 5.74) is 0.112. The molecule has 1 atom stereocenters. The van der Waals surface area contributed by atoms with Crippen molar-refractivity contribution in [1.82, 2.24) is 0 Å². The Morgan fingerprint density at radius 1 is 1.19 bits per heavy atom. The van der Waals surface area contributed by atoms with Gasteiger partial charge in [-0.15, -0.1) is 0 Å². The second-order valence-electron chi connectivity index (χ2n) is 5.85. The highest BCUT2D eigenvalue weighted by molar-refractivity contribution is 6.30. The van der Waals surface area contributed by atoms with Crippen LogP contribution in [0.3, 0.4) is 0 Å². The Balaban J connectivity index is 1.76. The van der Waals surface area contributed by atoms with Gasteiger partial charge in [-0.1, -0.05) is 18.0 Å². The van der Waals surface area contributed by atoms with Gasteiger partial charge < -0.3 is 10.1 Å². The minimum Gasteiger partial charge on any atom is -0.458 e. The van der Waals surface area contributed by atoms with Gasteiger partial charge in [0.25, 0.3) is 0 Å². The summed E-state index contributed by atoms with van der Waals surface area (Å²) < 4.78 is 5.56. The van der Waals surface area contributed by atoms with Crippen molar-refractivity contribution in [2.24, 2.45) is 5.92 Å². The minimum atomic E-state index is -0.578. The highest BCUT2D eigenvalue weighted by atomic mass is 35.5. The first-order valence-electron chi connectivity index (χ1n) is 7.37. The fourth-order valence-electron chi connectivity index (χ4n) is 3.39. The third kappa shape index (κ3) is 2.91. The van der Waals surface area contributed by atoms with E-state index >= 15 is 0 Å². The van der Waals surface area contributed by atoms with Crippen LogP contribution < -0.4 is 5.32 Å². The number of benzene rings is 1. The molecule has 1 saturated heterocycles. The van der Waals surface area contributed by atoms with Crippen LogP contribution in [0.5, 0.6) is 0 Å². The average molecular weight is 308 g/mol. The predicted octanol–water partition coefficient (Wildman–Crippen LogP) is 3.54. The quantitative estimate of drug-likeness (QED) is 0.850. The molecule has 1 aliphatic carbocycles. The Morgan fingerprint density at radius 2 is 1.86 bits per heavy atom. The Morgan fingerprint density at radius 3 is 2.52 bits per heavy atom. The molecule has 1 saturated carbocycles. The lowest BCUT2D eigenvalue weighted by Crippen LogP contribution is -2.43. The van der Waals surface area contributed by atoms with E-state index in [0.717, 1.165) is 32.1 Å². The number of ether oxygens (including phenoxy) is 1. The maximum Gasteiger partial charge on any atom is 0.307 e. The number of esters is 1. The molecular formula is C16H18ClNO3. The van der Waals surface area contributed by atoms with E-state index in [9.17, 15) is 9.59 Å². The number of hydrogen-bond acceptors (Lipinski definition) is 3. The summed E-state index contributed by atoms with van der Waals surface area (Å²) in [5.74, 6) is -0.779. The van der Waals surface area contributed by atoms with Crippen molar-refractivity contribution in [2.45, 2.75) is 44.1 Å². The average Bonchev–Trinajstić information content (AvgIpc) is 2.78. The molecule has 2 fully saturated rings. The number of carbonyl (C=O) groups is 2. The van der Waals surface area contributed by atoms with Crippen LogP contribution in [0, 0.1) is 5.92 Å². The van der Waals surface area contributed by atoms with Crippen molar-refractivity contribution < 1.29 is 14.3 Å². The van der Waals surface area contributed by atoms with Gasteiger partial charge in [0.15, 0.2) is 0 Å². The zero-order valence-electron chi connectivity index (χ0n) is 11.7. The van der Waals surface area contributed by atoms with Crippen molar-refractivity contribution in [2.75, 3.05) is 5.32 Å². The second-order valence-corrected chi connectivity index (χ2v) is 6.29. The Bertz CT molecular complexity index is 549. The molecule has 21 heavy (non-hydrogen) atoms. The summed E-state index contributed by atoms with van der Waals surface area (Å²) in [7, 11) is 0. The van der Waals surface area contributed by atoms with Crippen LogP contribution in [-0.4, -0.2) is 17.5 Å². The molecule has 1 spiro atoms. The standard InChI is InChI=1S/C16H18ClNO3/c17-11-4-6-12(7-5-11)18-15(20)13-10-14(19)21-16(13)8-2-1-3-9-16/h4-7,13H,1-3,8-10H2,(H,18,20)/t13-/m1/s1. The first kappa shape index (κ1) is 14.4. The summed E-state index contributed by atoms with van der Waals surface area (Å²) in [4.78, 5) is 24.3. The summed E-state index contributed by atoms with van der Waals surface area (Å²) >= 11 is 5.83. The van der Waals surface area contributed by atoms with Gasteiger partial charge in [-0.3, -0.25) is 9.59 Å². The van der Waals surface area contributed by atoms with Gasteiger partial charge in [0, 0.05) is 10.7 Å². The molecule has 0 radical (unpaired) electrons. The topological polar surface area (TPSA) is 55.4 Å². The Kier molecular flexibility index (Phi) is 3.89. The van der Waals surface area contributed by atoms with Gasteiger partial charge in [-0.25, -0.2) is 0 Å². The summed E-state index contributed by atoms with van der Waals surface area (Å²) in [6.45, 7) is 0. The number of anilines is 1. The zero-order valence-corrected chi connectivity index (χ0v) is 12.5.